The van der Waals surface area contributed by atoms with E-state index in [0.29, 0.717) is 12.2 Å². The third-order valence-electron chi connectivity index (χ3n) is 2.83. The minimum atomic E-state index is -0.239. The van der Waals surface area contributed by atoms with Gasteiger partial charge < -0.3 is 0 Å². The molecule has 0 saturated heterocycles. The zero-order valence-electron chi connectivity index (χ0n) is 8.00. The summed E-state index contributed by atoms with van der Waals surface area (Å²) in [5, 5.41) is 0. The summed E-state index contributed by atoms with van der Waals surface area (Å²) in [6.45, 7) is 0. The number of rotatable bonds is 1. The Balaban J connectivity index is 2.20. The summed E-state index contributed by atoms with van der Waals surface area (Å²) in [7, 11) is 0. The van der Waals surface area contributed by atoms with Gasteiger partial charge >= 0.3 is 0 Å². The Bertz CT molecular complexity index is 329. The van der Waals surface area contributed by atoms with E-state index < -0.39 is 0 Å². The van der Waals surface area contributed by atoms with Crippen LogP contribution in [0, 0.1) is 5.82 Å². The van der Waals surface area contributed by atoms with Crippen LogP contribution in [-0.2, 0) is 4.79 Å². The van der Waals surface area contributed by atoms with Crippen LogP contribution in [0.15, 0.2) is 24.3 Å². The van der Waals surface area contributed by atoms with Crippen LogP contribution in [0.1, 0.15) is 37.2 Å². The predicted molar refractivity (Wildman–Crippen MR) is 52.6 cm³/mol. The first-order chi connectivity index (χ1) is 6.77. The Hall–Kier alpha value is -1.18. The molecule has 1 nitrogen and oxygen atoms in total. The van der Waals surface area contributed by atoms with Crippen LogP contribution >= 0.6 is 0 Å². The van der Waals surface area contributed by atoms with Crippen LogP contribution in [0.4, 0.5) is 4.39 Å². The highest BCUT2D eigenvalue weighted by atomic mass is 19.1. The molecule has 1 atom stereocenters. The van der Waals surface area contributed by atoms with Gasteiger partial charge in [-0.15, -0.1) is 0 Å². The lowest BCUT2D eigenvalue weighted by Crippen LogP contribution is -2.16. The van der Waals surface area contributed by atoms with Gasteiger partial charge in [0.25, 0.3) is 0 Å². The second kappa shape index (κ2) is 3.91. The number of halogens is 1. The highest BCUT2D eigenvalue weighted by Gasteiger charge is 2.23. The minimum Gasteiger partial charge on any atom is -0.299 e. The molecule has 2 rings (SSSR count). The molecule has 0 heterocycles. The first-order valence-electron chi connectivity index (χ1n) is 5.05. The zero-order valence-corrected chi connectivity index (χ0v) is 8.00. The number of carbonyl (C=O) groups is 1. The van der Waals surface area contributed by atoms with Gasteiger partial charge in [-0.2, -0.15) is 0 Å². The molecule has 0 bridgehead atoms. The summed E-state index contributed by atoms with van der Waals surface area (Å²) in [6.07, 6.45) is 3.72. The maximum absolute atomic E-state index is 12.7. The molecule has 1 saturated carbocycles. The molecule has 1 unspecified atom stereocenters. The maximum atomic E-state index is 12.7. The van der Waals surface area contributed by atoms with Crippen molar-refractivity contribution in [3.05, 3.63) is 35.6 Å². The molecule has 1 aromatic carbocycles. The average Bonchev–Trinajstić information content (AvgIpc) is 2.20. The molecule has 14 heavy (non-hydrogen) atoms. The Labute approximate surface area is 82.9 Å². The van der Waals surface area contributed by atoms with Gasteiger partial charge in [0, 0.05) is 12.3 Å². The lowest BCUT2D eigenvalue weighted by molar-refractivity contribution is -0.121. The number of benzene rings is 1. The highest BCUT2D eigenvalue weighted by molar-refractivity contribution is 5.86. The monoisotopic (exact) mass is 192 g/mol. The van der Waals surface area contributed by atoms with E-state index >= 15 is 0 Å². The third kappa shape index (κ3) is 1.84. The first kappa shape index (κ1) is 9.38. The molecule has 0 N–H and O–H groups in total. The fraction of sp³-hybridized carbons (Fsp3) is 0.417. The van der Waals surface area contributed by atoms with Gasteiger partial charge in [-0.1, -0.05) is 18.6 Å². The normalized spacial score (nSPS) is 22.4. The van der Waals surface area contributed by atoms with E-state index in [0.717, 1.165) is 24.8 Å². The van der Waals surface area contributed by atoms with Crippen LogP contribution in [0.2, 0.25) is 0 Å². The first-order valence-corrected chi connectivity index (χ1v) is 5.05. The highest BCUT2D eigenvalue weighted by Crippen LogP contribution is 2.29. The molecule has 74 valence electrons. The van der Waals surface area contributed by atoms with Crippen molar-refractivity contribution in [1.29, 1.82) is 0 Å². The molecule has 1 aliphatic carbocycles. The van der Waals surface area contributed by atoms with Gasteiger partial charge in [0.1, 0.15) is 11.6 Å². The standard InChI is InChI=1S/C12H13FO/c13-10-7-5-9(6-8-10)11-3-1-2-4-12(11)14/h5-8,11H,1-4H2. The van der Waals surface area contributed by atoms with Crippen molar-refractivity contribution < 1.29 is 9.18 Å². The van der Waals surface area contributed by atoms with Crippen LogP contribution in [0.3, 0.4) is 0 Å². The van der Waals surface area contributed by atoms with Crippen molar-refractivity contribution in [2.75, 3.05) is 0 Å². The van der Waals surface area contributed by atoms with E-state index in [2.05, 4.69) is 0 Å². The summed E-state index contributed by atoms with van der Waals surface area (Å²) in [4.78, 5) is 11.6. The van der Waals surface area contributed by atoms with Crippen LogP contribution < -0.4 is 0 Å². The van der Waals surface area contributed by atoms with Gasteiger partial charge in [-0.3, -0.25) is 4.79 Å². The molecular weight excluding hydrogens is 179 g/mol. The molecule has 0 aliphatic heterocycles. The van der Waals surface area contributed by atoms with Crippen LogP contribution in [0.25, 0.3) is 0 Å². The van der Waals surface area contributed by atoms with Crippen LogP contribution in [-0.4, -0.2) is 5.78 Å². The Morgan fingerprint density at radius 3 is 2.50 bits per heavy atom. The maximum Gasteiger partial charge on any atom is 0.140 e. The quantitative estimate of drug-likeness (QED) is 0.668. The van der Waals surface area contributed by atoms with E-state index in [-0.39, 0.29) is 11.7 Å². The predicted octanol–water partition coefficient (Wildman–Crippen LogP) is 3.05. The SMILES string of the molecule is O=C1CCCCC1c1ccc(F)cc1. The summed E-state index contributed by atoms with van der Waals surface area (Å²) in [6, 6.07) is 6.31. The Kier molecular flexibility index (Phi) is 2.62. The van der Waals surface area contributed by atoms with Gasteiger partial charge in [0.15, 0.2) is 0 Å². The van der Waals surface area contributed by atoms with Gasteiger partial charge in [0.05, 0.1) is 0 Å². The second-order valence-corrected chi connectivity index (χ2v) is 3.82. The summed E-state index contributed by atoms with van der Waals surface area (Å²) < 4.78 is 12.7. The fourth-order valence-electron chi connectivity index (χ4n) is 2.03. The smallest absolute Gasteiger partial charge is 0.140 e. The topological polar surface area (TPSA) is 17.1 Å². The summed E-state index contributed by atoms with van der Waals surface area (Å²) in [5.74, 6) is 0.0872. The molecule has 0 radical (unpaired) electrons. The minimum absolute atomic E-state index is 0.0179. The molecule has 0 aromatic heterocycles. The van der Waals surface area contributed by atoms with Gasteiger partial charge in [0.2, 0.25) is 0 Å². The molecular formula is C12H13FO. The Morgan fingerprint density at radius 2 is 1.86 bits per heavy atom. The lowest BCUT2D eigenvalue weighted by atomic mass is 9.83. The molecule has 1 aliphatic rings. The number of ketones is 1. The zero-order chi connectivity index (χ0) is 9.97. The van der Waals surface area contributed by atoms with Crippen molar-refractivity contribution in [3.63, 3.8) is 0 Å². The molecule has 0 amide bonds. The third-order valence-corrected chi connectivity index (χ3v) is 2.83. The van der Waals surface area contributed by atoms with Crippen molar-refractivity contribution in [2.45, 2.75) is 31.6 Å². The number of hydrogen-bond donors (Lipinski definition) is 0. The molecule has 1 aromatic rings. The van der Waals surface area contributed by atoms with E-state index in [9.17, 15) is 9.18 Å². The largest absolute Gasteiger partial charge is 0.299 e. The molecule has 0 spiro atoms. The Morgan fingerprint density at radius 1 is 1.14 bits per heavy atom. The van der Waals surface area contributed by atoms with Crippen molar-refractivity contribution in [1.82, 2.24) is 0 Å². The molecule has 2 heteroatoms. The summed E-state index contributed by atoms with van der Waals surface area (Å²) in [5.41, 5.74) is 0.969. The van der Waals surface area contributed by atoms with E-state index in [1.54, 1.807) is 12.1 Å². The van der Waals surface area contributed by atoms with E-state index in [1.807, 2.05) is 0 Å². The second-order valence-electron chi connectivity index (χ2n) is 3.82. The van der Waals surface area contributed by atoms with Crippen molar-refractivity contribution in [3.8, 4) is 0 Å². The number of carbonyl (C=O) groups excluding carboxylic acids is 1. The molecule has 1 fully saturated rings. The van der Waals surface area contributed by atoms with Crippen LogP contribution in [0.5, 0.6) is 0 Å². The number of hydrogen-bond acceptors (Lipinski definition) is 1. The average molecular weight is 192 g/mol. The van der Waals surface area contributed by atoms with E-state index in [1.165, 1.54) is 12.1 Å². The van der Waals surface area contributed by atoms with E-state index in [4.69, 9.17) is 0 Å². The van der Waals surface area contributed by atoms with Gasteiger partial charge in [-0.05, 0) is 30.5 Å². The van der Waals surface area contributed by atoms with Crippen molar-refractivity contribution in [2.24, 2.45) is 0 Å². The lowest BCUT2D eigenvalue weighted by Gasteiger charge is -2.20. The summed E-state index contributed by atoms with van der Waals surface area (Å²) >= 11 is 0. The van der Waals surface area contributed by atoms with Crippen molar-refractivity contribution >= 4 is 5.78 Å². The fourth-order valence-corrected chi connectivity index (χ4v) is 2.03. The van der Waals surface area contributed by atoms with Gasteiger partial charge in [-0.25, -0.2) is 4.39 Å². The number of Topliss-reactive ketones (excluding diaryl/α,β-unsaturated/α-hetero) is 1.